The van der Waals surface area contributed by atoms with E-state index in [2.05, 4.69) is 0 Å². The number of rotatable bonds is 3. The first-order valence-corrected chi connectivity index (χ1v) is 5.53. The summed E-state index contributed by atoms with van der Waals surface area (Å²) in [6, 6.07) is 2.86. The van der Waals surface area contributed by atoms with Crippen LogP contribution in [-0.2, 0) is 0 Å². The van der Waals surface area contributed by atoms with Crippen molar-refractivity contribution in [1.29, 1.82) is 0 Å². The van der Waals surface area contributed by atoms with E-state index in [1.807, 2.05) is 13.8 Å². The van der Waals surface area contributed by atoms with E-state index in [0.717, 1.165) is 0 Å². The van der Waals surface area contributed by atoms with E-state index in [1.54, 1.807) is 19.1 Å². The molecule has 0 saturated heterocycles. The minimum Gasteiger partial charge on any atom is -0.507 e. The highest BCUT2D eigenvalue weighted by molar-refractivity contribution is 6.30. The van der Waals surface area contributed by atoms with Crippen molar-refractivity contribution in [3.05, 3.63) is 28.3 Å². The number of aliphatic hydroxyl groups excluding tert-OH is 1. The summed E-state index contributed by atoms with van der Waals surface area (Å²) >= 11 is 5.93. The number of aryl methyl sites for hydroxylation is 1. The van der Waals surface area contributed by atoms with Gasteiger partial charge in [0.05, 0.1) is 0 Å². The first kappa shape index (κ1) is 13.3. The topological polar surface area (TPSA) is 66.5 Å². The average Bonchev–Trinajstić information content (AvgIpc) is 2.22. The van der Waals surface area contributed by atoms with Crippen molar-refractivity contribution in [3.63, 3.8) is 0 Å². The predicted molar refractivity (Wildman–Crippen MR) is 65.6 cm³/mol. The molecule has 0 unspecified atom stereocenters. The molecular formula is C12H18ClNO2. The smallest absolute Gasteiger partial charge is 0.123 e. The zero-order valence-electron chi connectivity index (χ0n) is 9.79. The third-order valence-electron chi connectivity index (χ3n) is 2.88. The molecule has 0 heterocycles. The maximum atomic E-state index is 9.93. The molecule has 4 N–H and O–H groups in total. The van der Waals surface area contributed by atoms with Gasteiger partial charge in [-0.3, -0.25) is 0 Å². The molecule has 0 saturated carbocycles. The lowest BCUT2D eigenvalue weighted by atomic mass is 9.81. The Bertz CT molecular complexity index is 391. The fourth-order valence-corrected chi connectivity index (χ4v) is 1.80. The van der Waals surface area contributed by atoms with Crippen LogP contribution < -0.4 is 5.73 Å². The van der Waals surface area contributed by atoms with Crippen LogP contribution >= 0.6 is 11.6 Å². The summed E-state index contributed by atoms with van der Waals surface area (Å²) in [5.74, 6) is 0.151. The number of aliphatic hydroxyl groups is 1. The number of benzene rings is 1. The fourth-order valence-electron chi connectivity index (χ4n) is 1.52. The second kappa shape index (κ2) is 4.62. The third-order valence-corrected chi connectivity index (χ3v) is 3.10. The van der Waals surface area contributed by atoms with Crippen molar-refractivity contribution >= 4 is 11.6 Å². The second-order valence-electron chi connectivity index (χ2n) is 4.78. The molecule has 0 aliphatic heterocycles. The van der Waals surface area contributed by atoms with Gasteiger partial charge in [-0.15, -0.1) is 0 Å². The van der Waals surface area contributed by atoms with Crippen LogP contribution in [0.5, 0.6) is 5.75 Å². The van der Waals surface area contributed by atoms with Gasteiger partial charge in [0, 0.05) is 28.6 Å². The molecule has 0 spiro atoms. The maximum Gasteiger partial charge on any atom is 0.123 e. The molecule has 1 atom stereocenters. The Labute approximate surface area is 101 Å². The Hall–Kier alpha value is -0.770. The van der Waals surface area contributed by atoms with Crippen LogP contribution in [0.25, 0.3) is 0 Å². The molecule has 16 heavy (non-hydrogen) atoms. The van der Waals surface area contributed by atoms with Gasteiger partial charge in [-0.1, -0.05) is 25.4 Å². The molecule has 0 fully saturated rings. The lowest BCUT2D eigenvalue weighted by Crippen LogP contribution is -2.32. The molecule has 1 aromatic rings. The van der Waals surface area contributed by atoms with Crippen LogP contribution in [0.15, 0.2) is 12.1 Å². The highest BCUT2D eigenvalue weighted by Crippen LogP contribution is 2.38. The minimum atomic E-state index is -0.505. The van der Waals surface area contributed by atoms with Crippen molar-refractivity contribution in [3.8, 4) is 5.75 Å². The van der Waals surface area contributed by atoms with Gasteiger partial charge in [0.15, 0.2) is 0 Å². The van der Waals surface area contributed by atoms with Crippen molar-refractivity contribution < 1.29 is 10.2 Å². The molecule has 0 bridgehead atoms. The summed E-state index contributed by atoms with van der Waals surface area (Å²) in [6.45, 7) is 5.39. The Morgan fingerprint density at radius 3 is 2.50 bits per heavy atom. The minimum absolute atomic E-state index is 0.0564. The van der Waals surface area contributed by atoms with Crippen molar-refractivity contribution in [2.45, 2.75) is 26.8 Å². The normalized spacial score (nSPS) is 13.9. The SMILES string of the molecule is Cc1cc(Cl)cc([C@@H](N)C(C)(C)CO)c1O. The fraction of sp³-hybridized carbons (Fsp3) is 0.500. The highest BCUT2D eigenvalue weighted by Gasteiger charge is 2.29. The number of aromatic hydroxyl groups is 1. The summed E-state index contributed by atoms with van der Waals surface area (Å²) in [5.41, 5.74) is 6.80. The van der Waals surface area contributed by atoms with Crippen LogP contribution in [0.1, 0.15) is 31.0 Å². The van der Waals surface area contributed by atoms with Gasteiger partial charge in [0.2, 0.25) is 0 Å². The first-order chi connectivity index (χ1) is 7.29. The first-order valence-electron chi connectivity index (χ1n) is 5.15. The van der Waals surface area contributed by atoms with Crippen LogP contribution in [-0.4, -0.2) is 16.8 Å². The van der Waals surface area contributed by atoms with Crippen LogP contribution in [0.4, 0.5) is 0 Å². The summed E-state index contributed by atoms with van der Waals surface area (Å²) in [4.78, 5) is 0. The number of hydrogen-bond acceptors (Lipinski definition) is 3. The molecule has 90 valence electrons. The van der Waals surface area contributed by atoms with Crippen LogP contribution in [0.2, 0.25) is 5.02 Å². The number of phenolic OH excluding ortho intramolecular Hbond substituents is 1. The van der Waals surface area contributed by atoms with E-state index in [9.17, 15) is 10.2 Å². The third kappa shape index (κ3) is 2.48. The van der Waals surface area contributed by atoms with Crippen molar-refractivity contribution in [2.75, 3.05) is 6.61 Å². The lowest BCUT2D eigenvalue weighted by Gasteiger charge is -2.30. The van der Waals surface area contributed by atoms with Gasteiger partial charge < -0.3 is 15.9 Å². The lowest BCUT2D eigenvalue weighted by molar-refractivity contribution is 0.131. The summed E-state index contributed by atoms with van der Waals surface area (Å²) < 4.78 is 0. The highest BCUT2D eigenvalue weighted by atomic mass is 35.5. The Kier molecular flexibility index (Phi) is 3.84. The Morgan fingerprint density at radius 1 is 1.44 bits per heavy atom. The van der Waals surface area contributed by atoms with E-state index in [4.69, 9.17) is 17.3 Å². The van der Waals surface area contributed by atoms with Gasteiger partial charge in [-0.25, -0.2) is 0 Å². The van der Waals surface area contributed by atoms with Gasteiger partial charge in [0.25, 0.3) is 0 Å². The number of nitrogens with two attached hydrogens (primary N) is 1. The molecule has 1 aromatic carbocycles. The summed E-state index contributed by atoms with van der Waals surface area (Å²) in [7, 11) is 0. The molecule has 4 heteroatoms. The van der Waals surface area contributed by atoms with E-state index >= 15 is 0 Å². The average molecular weight is 244 g/mol. The van der Waals surface area contributed by atoms with E-state index < -0.39 is 11.5 Å². The van der Waals surface area contributed by atoms with E-state index in [1.165, 1.54) is 0 Å². The second-order valence-corrected chi connectivity index (χ2v) is 5.22. The van der Waals surface area contributed by atoms with Crippen LogP contribution in [0, 0.1) is 12.3 Å². The molecule has 1 rings (SSSR count). The Balaban J connectivity index is 3.23. The molecule has 0 radical (unpaired) electrons. The molecule has 0 aromatic heterocycles. The monoisotopic (exact) mass is 243 g/mol. The summed E-state index contributed by atoms with van der Waals surface area (Å²) in [6.07, 6.45) is 0. The number of halogens is 1. The van der Waals surface area contributed by atoms with E-state index in [-0.39, 0.29) is 12.4 Å². The van der Waals surface area contributed by atoms with Gasteiger partial charge in [0.1, 0.15) is 5.75 Å². The molecule has 0 amide bonds. The van der Waals surface area contributed by atoms with Crippen molar-refractivity contribution in [1.82, 2.24) is 0 Å². The maximum absolute atomic E-state index is 9.93. The molecule has 0 aliphatic rings. The number of phenols is 1. The Morgan fingerprint density at radius 2 is 2.00 bits per heavy atom. The van der Waals surface area contributed by atoms with Gasteiger partial charge in [-0.2, -0.15) is 0 Å². The zero-order chi connectivity index (χ0) is 12.5. The van der Waals surface area contributed by atoms with E-state index in [0.29, 0.717) is 16.1 Å². The predicted octanol–water partition coefficient (Wildman–Crippen LogP) is 2.37. The van der Waals surface area contributed by atoms with Crippen molar-refractivity contribution in [2.24, 2.45) is 11.1 Å². The standard InChI is InChI=1S/C12H18ClNO2/c1-7-4-8(13)5-9(10(7)16)11(14)12(2,3)6-15/h4-5,11,15-16H,6,14H2,1-3H3/t11-/m1/s1. The van der Waals surface area contributed by atoms with Gasteiger partial charge >= 0.3 is 0 Å². The molecule has 3 nitrogen and oxygen atoms in total. The largest absolute Gasteiger partial charge is 0.507 e. The van der Waals surface area contributed by atoms with Gasteiger partial charge in [-0.05, 0) is 24.6 Å². The molecule has 0 aliphatic carbocycles. The quantitative estimate of drug-likeness (QED) is 0.764. The zero-order valence-corrected chi connectivity index (χ0v) is 10.5. The molecular weight excluding hydrogens is 226 g/mol. The number of hydrogen-bond donors (Lipinski definition) is 3. The van der Waals surface area contributed by atoms with Crippen LogP contribution in [0.3, 0.4) is 0 Å². The summed E-state index contributed by atoms with van der Waals surface area (Å²) in [5, 5.41) is 19.7.